The van der Waals surface area contributed by atoms with Gasteiger partial charge in [0, 0.05) is 18.5 Å². The smallest absolute Gasteiger partial charge is 0.224 e. The second-order valence-corrected chi connectivity index (χ2v) is 7.80. The van der Waals surface area contributed by atoms with Crippen LogP contribution in [0.4, 0.5) is 5.69 Å². The Bertz CT molecular complexity index is 920. The molecule has 140 valence electrons. The van der Waals surface area contributed by atoms with Gasteiger partial charge in [-0.1, -0.05) is 31.0 Å². The van der Waals surface area contributed by atoms with E-state index in [2.05, 4.69) is 52.5 Å². The molecule has 1 saturated carbocycles. The highest BCUT2D eigenvalue weighted by molar-refractivity contribution is 5.90. The molecule has 0 saturated heterocycles. The van der Waals surface area contributed by atoms with E-state index in [1.54, 1.807) is 0 Å². The van der Waals surface area contributed by atoms with Gasteiger partial charge in [0.05, 0.1) is 11.0 Å². The molecule has 1 fully saturated rings. The zero-order valence-corrected chi connectivity index (χ0v) is 15.9. The molecule has 0 bridgehead atoms. The Labute approximate surface area is 160 Å². The van der Waals surface area contributed by atoms with E-state index in [4.69, 9.17) is 0 Å². The lowest BCUT2D eigenvalue weighted by atomic mass is 10.0. The minimum atomic E-state index is 0.146. The van der Waals surface area contributed by atoms with Gasteiger partial charge in [-0.2, -0.15) is 0 Å². The van der Waals surface area contributed by atoms with Gasteiger partial charge < -0.3 is 10.3 Å². The van der Waals surface area contributed by atoms with Gasteiger partial charge in [-0.05, 0) is 67.5 Å². The summed E-state index contributed by atoms with van der Waals surface area (Å²) >= 11 is 0. The molecule has 0 spiro atoms. The Balaban J connectivity index is 1.31. The number of amides is 1. The molecule has 2 aromatic carbocycles. The van der Waals surface area contributed by atoms with Crippen molar-refractivity contribution in [2.24, 2.45) is 5.92 Å². The van der Waals surface area contributed by atoms with E-state index < -0.39 is 0 Å². The topological polar surface area (TPSA) is 57.8 Å². The number of nitrogens with zero attached hydrogens (tertiary/aromatic N) is 1. The van der Waals surface area contributed by atoms with Crippen LogP contribution in [0.2, 0.25) is 0 Å². The Kier molecular flexibility index (Phi) is 5.23. The molecule has 0 aliphatic heterocycles. The number of H-pyrrole nitrogens is 1. The molecule has 1 aliphatic carbocycles. The second kappa shape index (κ2) is 7.95. The number of nitrogens with one attached hydrogen (secondary N) is 2. The largest absolute Gasteiger partial charge is 0.342 e. The first-order valence-electron chi connectivity index (χ1n) is 10.00. The summed E-state index contributed by atoms with van der Waals surface area (Å²) < 4.78 is 0. The molecule has 1 aromatic heterocycles. The summed E-state index contributed by atoms with van der Waals surface area (Å²) in [4.78, 5) is 20.2. The van der Waals surface area contributed by atoms with Crippen LogP contribution in [0.5, 0.6) is 0 Å². The van der Waals surface area contributed by atoms with E-state index in [-0.39, 0.29) is 5.91 Å². The van der Waals surface area contributed by atoms with Gasteiger partial charge >= 0.3 is 0 Å². The van der Waals surface area contributed by atoms with Gasteiger partial charge in [0.15, 0.2) is 0 Å². The first-order chi connectivity index (χ1) is 13.2. The zero-order valence-electron chi connectivity index (χ0n) is 15.9. The molecule has 0 unspecified atom stereocenters. The summed E-state index contributed by atoms with van der Waals surface area (Å²) in [6.45, 7) is 2.09. The zero-order chi connectivity index (χ0) is 18.6. The maximum atomic E-state index is 12.1. The molecule has 27 heavy (non-hydrogen) atoms. The van der Waals surface area contributed by atoms with Crippen LogP contribution in [0.3, 0.4) is 0 Å². The highest BCUT2D eigenvalue weighted by Gasteiger charge is 2.18. The molecule has 0 radical (unpaired) electrons. The Morgan fingerprint density at radius 3 is 2.67 bits per heavy atom. The van der Waals surface area contributed by atoms with Gasteiger partial charge in [0.25, 0.3) is 0 Å². The number of carbonyl (C=O) groups excluding carboxylic acids is 1. The number of aromatic amines is 1. The third kappa shape index (κ3) is 4.57. The Morgan fingerprint density at radius 2 is 1.89 bits per heavy atom. The molecule has 1 amide bonds. The van der Waals surface area contributed by atoms with Crippen LogP contribution >= 0.6 is 0 Å². The van der Waals surface area contributed by atoms with E-state index in [9.17, 15) is 4.79 Å². The van der Waals surface area contributed by atoms with E-state index in [0.717, 1.165) is 35.4 Å². The van der Waals surface area contributed by atoms with Gasteiger partial charge in [-0.3, -0.25) is 4.79 Å². The van der Waals surface area contributed by atoms with Gasteiger partial charge in [-0.15, -0.1) is 0 Å². The van der Waals surface area contributed by atoms with Gasteiger partial charge in [0.2, 0.25) is 5.91 Å². The van der Waals surface area contributed by atoms with Crippen molar-refractivity contribution in [1.82, 2.24) is 9.97 Å². The second-order valence-electron chi connectivity index (χ2n) is 7.80. The van der Waals surface area contributed by atoms with Crippen molar-refractivity contribution in [3.63, 3.8) is 0 Å². The predicted molar refractivity (Wildman–Crippen MR) is 110 cm³/mol. The standard InChI is InChI=1S/C23H27N3O/c1-16-6-12-20-21(14-16)26-22(25-20)13-9-17-7-10-19(11-8-17)24-23(27)15-18-4-2-3-5-18/h6-8,10-12,14,18H,2-5,9,13,15H2,1H3,(H,24,27)(H,25,26). The first kappa shape index (κ1) is 17.8. The number of aryl methyl sites for hydroxylation is 3. The monoisotopic (exact) mass is 361 g/mol. The highest BCUT2D eigenvalue weighted by atomic mass is 16.1. The van der Waals surface area contributed by atoms with Crippen molar-refractivity contribution in [3.8, 4) is 0 Å². The van der Waals surface area contributed by atoms with Gasteiger partial charge in [0.1, 0.15) is 5.82 Å². The number of hydrogen-bond acceptors (Lipinski definition) is 2. The summed E-state index contributed by atoms with van der Waals surface area (Å²) in [5.74, 6) is 1.74. The van der Waals surface area contributed by atoms with Crippen LogP contribution in [0, 0.1) is 12.8 Å². The molecule has 0 atom stereocenters. The summed E-state index contributed by atoms with van der Waals surface area (Å²) in [5, 5.41) is 3.04. The van der Waals surface area contributed by atoms with Crippen LogP contribution in [0.1, 0.15) is 49.1 Å². The fourth-order valence-electron chi connectivity index (χ4n) is 4.00. The normalized spacial score (nSPS) is 14.7. The Morgan fingerprint density at radius 1 is 1.11 bits per heavy atom. The van der Waals surface area contributed by atoms with E-state index in [1.165, 1.54) is 36.8 Å². The van der Waals surface area contributed by atoms with Crippen molar-refractivity contribution in [3.05, 3.63) is 59.4 Å². The van der Waals surface area contributed by atoms with Crippen molar-refractivity contribution in [2.45, 2.75) is 51.9 Å². The summed E-state index contributed by atoms with van der Waals surface area (Å²) in [5.41, 5.74) is 5.51. The lowest BCUT2D eigenvalue weighted by molar-refractivity contribution is -0.117. The lowest BCUT2D eigenvalue weighted by Crippen LogP contribution is -2.15. The van der Waals surface area contributed by atoms with Crippen LogP contribution in [0.25, 0.3) is 11.0 Å². The summed E-state index contributed by atoms with van der Waals surface area (Å²) in [6.07, 6.45) is 7.42. The molecule has 4 rings (SSSR count). The summed E-state index contributed by atoms with van der Waals surface area (Å²) in [6, 6.07) is 14.5. The minimum absolute atomic E-state index is 0.146. The fourth-order valence-corrected chi connectivity index (χ4v) is 4.00. The van der Waals surface area contributed by atoms with Crippen LogP contribution in [-0.4, -0.2) is 15.9 Å². The van der Waals surface area contributed by atoms with Gasteiger partial charge in [-0.25, -0.2) is 4.98 Å². The van der Waals surface area contributed by atoms with E-state index in [0.29, 0.717) is 12.3 Å². The van der Waals surface area contributed by atoms with E-state index in [1.807, 2.05) is 12.1 Å². The molecule has 1 aliphatic rings. The molecule has 1 heterocycles. The molecular weight excluding hydrogens is 334 g/mol. The molecule has 4 heteroatoms. The number of anilines is 1. The number of benzene rings is 2. The Hall–Kier alpha value is -2.62. The SMILES string of the molecule is Cc1ccc2nc(CCc3ccc(NC(=O)CC4CCCC4)cc3)[nH]c2c1. The molecule has 4 nitrogen and oxygen atoms in total. The maximum absolute atomic E-state index is 12.1. The van der Waals surface area contributed by atoms with Crippen molar-refractivity contribution in [1.29, 1.82) is 0 Å². The molecule has 2 N–H and O–H groups in total. The maximum Gasteiger partial charge on any atom is 0.224 e. The van der Waals surface area contributed by atoms with Crippen LogP contribution in [0.15, 0.2) is 42.5 Å². The number of rotatable bonds is 6. The number of carbonyl (C=O) groups is 1. The minimum Gasteiger partial charge on any atom is -0.342 e. The van der Waals surface area contributed by atoms with Crippen LogP contribution in [-0.2, 0) is 17.6 Å². The lowest BCUT2D eigenvalue weighted by Gasteiger charge is -2.10. The van der Waals surface area contributed by atoms with Crippen molar-refractivity contribution < 1.29 is 4.79 Å². The molecule has 3 aromatic rings. The van der Waals surface area contributed by atoms with E-state index >= 15 is 0 Å². The molecular formula is C23H27N3O. The third-order valence-corrected chi connectivity index (χ3v) is 5.52. The third-order valence-electron chi connectivity index (χ3n) is 5.52. The van der Waals surface area contributed by atoms with Crippen LogP contribution < -0.4 is 5.32 Å². The summed E-state index contributed by atoms with van der Waals surface area (Å²) in [7, 11) is 0. The average Bonchev–Trinajstić information content (AvgIpc) is 3.30. The number of imidazole rings is 1. The highest BCUT2D eigenvalue weighted by Crippen LogP contribution is 2.27. The number of fused-ring (bicyclic) bond motifs is 1. The number of aromatic nitrogens is 2. The van der Waals surface area contributed by atoms with Crippen molar-refractivity contribution in [2.75, 3.05) is 5.32 Å². The predicted octanol–water partition coefficient (Wildman–Crippen LogP) is 5.18. The fraction of sp³-hybridized carbons (Fsp3) is 0.391. The first-order valence-corrected chi connectivity index (χ1v) is 10.00. The number of hydrogen-bond donors (Lipinski definition) is 2. The van der Waals surface area contributed by atoms with Crippen molar-refractivity contribution >= 4 is 22.6 Å². The quantitative estimate of drug-likeness (QED) is 0.636. The average molecular weight is 361 g/mol.